The van der Waals surface area contributed by atoms with Crippen molar-refractivity contribution in [3.8, 4) is 0 Å². The maximum atomic E-state index is 12.7. The van der Waals surface area contributed by atoms with E-state index in [1.54, 1.807) is 20.8 Å². The van der Waals surface area contributed by atoms with Crippen LogP contribution in [0.5, 0.6) is 0 Å². The van der Waals surface area contributed by atoms with Crippen molar-refractivity contribution in [2.75, 3.05) is 33.0 Å². The van der Waals surface area contributed by atoms with E-state index in [0.717, 1.165) is 57.8 Å². The Morgan fingerprint density at radius 3 is 1.67 bits per heavy atom. The Bertz CT molecular complexity index is 1290. The average molecular weight is 826 g/mol. The summed E-state index contributed by atoms with van der Waals surface area (Å²) >= 11 is 0. The fourth-order valence-corrected chi connectivity index (χ4v) is 5.62. The zero-order chi connectivity index (χ0) is 43.4. The monoisotopic (exact) mass is 825 g/mol. The molecular formula is C42H71N3O13. The van der Waals surface area contributed by atoms with E-state index in [9.17, 15) is 38.4 Å². The van der Waals surface area contributed by atoms with Gasteiger partial charge >= 0.3 is 17.9 Å². The molecule has 16 heteroatoms. The minimum absolute atomic E-state index is 0.0107. The van der Waals surface area contributed by atoms with Crippen LogP contribution in [0.4, 0.5) is 0 Å². The predicted octanol–water partition coefficient (Wildman–Crippen LogP) is 5.50. The number of unbranched alkanes of at least 4 members (excludes halogenated alkanes) is 7. The first-order valence-electron chi connectivity index (χ1n) is 21.1. The van der Waals surface area contributed by atoms with Crippen LogP contribution in [0, 0.1) is 0 Å². The van der Waals surface area contributed by atoms with Crippen molar-refractivity contribution in [3.05, 3.63) is 0 Å². The van der Waals surface area contributed by atoms with Gasteiger partial charge in [0.05, 0.1) is 6.42 Å². The van der Waals surface area contributed by atoms with Gasteiger partial charge in [-0.25, -0.2) is 9.59 Å². The molecule has 0 saturated carbocycles. The third-order valence-electron chi connectivity index (χ3n) is 8.56. The van der Waals surface area contributed by atoms with Gasteiger partial charge in [-0.2, -0.15) is 0 Å². The molecule has 0 aromatic heterocycles. The predicted molar refractivity (Wildman–Crippen MR) is 214 cm³/mol. The van der Waals surface area contributed by atoms with Gasteiger partial charge in [0.2, 0.25) is 11.8 Å². The Morgan fingerprint density at radius 2 is 1.09 bits per heavy atom. The van der Waals surface area contributed by atoms with E-state index in [4.69, 9.17) is 23.8 Å². The van der Waals surface area contributed by atoms with Gasteiger partial charge in [0.1, 0.15) is 23.0 Å². The number of carbonyl (C=O) groups excluding carboxylic acids is 8. The molecule has 0 aromatic rings. The van der Waals surface area contributed by atoms with E-state index in [2.05, 4.69) is 10.6 Å². The van der Waals surface area contributed by atoms with Crippen molar-refractivity contribution in [3.63, 3.8) is 0 Å². The van der Waals surface area contributed by atoms with Gasteiger partial charge in [-0.1, -0.05) is 25.7 Å². The zero-order valence-electron chi connectivity index (χ0n) is 36.0. The summed E-state index contributed by atoms with van der Waals surface area (Å²) in [5.41, 5.74) is -1.29. The lowest BCUT2D eigenvalue weighted by Gasteiger charge is -2.24. The molecule has 0 aliphatic carbocycles. The second-order valence-corrected chi connectivity index (χ2v) is 16.6. The quantitative estimate of drug-likeness (QED) is 0.0488. The summed E-state index contributed by atoms with van der Waals surface area (Å²) in [5.74, 6) is -3.66. The van der Waals surface area contributed by atoms with E-state index in [-0.39, 0.29) is 56.2 Å². The number of carbonyl (C=O) groups is 8. The third kappa shape index (κ3) is 28.5. The highest BCUT2D eigenvalue weighted by molar-refractivity contribution is 6.01. The molecular weight excluding hydrogens is 754 g/mol. The lowest BCUT2D eigenvalue weighted by Crippen LogP contribution is -2.44. The summed E-state index contributed by atoms with van der Waals surface area (Å²) in [6.07, 6.45) is 10.0. The van der Waals surface area contributed by atoms with Gasteiger partial charge in [-0.3, -0.25) is 28.8 Å². The number of esters is 2. The van der Waals surface area contributed by atoms with Gasteiger partial charge in [-0.05, 0) is 92.9 Å². The number of hydrogen-bond donors (Lipinski definition) is 2. The number of nitrogens with one attached hydrogen (secondary N) is 2. The zero-order valence-corrected chi connectivity index (χ0v) is 36.0. The van der Waals surface area contributed by atoms with Crippen molar-refractivity contribution in [1.82, 2.24) is 15.7 Å². The second kappa shape index (κ2) is 29.3. The molecule has 2 N–H and O–H groups in total. The van der Waals surface area contributed by atoms with Crippen LogP contribution in [0.3, 0.4) is 0 Å². The Hall–Kier alpha value is -3.92. The van der Waals surface area contributed by atoms with Gasteiger partial charge in [0, 0.05) is 77.9 Å². The van der Waals surface area contributed by atoms with Gasteiger partial charge in [0.25, 0.3) is 11.8 Å². The minimum Gasteiger partial charge on any atom is -0.460 e. The molecule has 4 amide bonds. The van der Waals surface area contributed by atoms with Crippen LogP contribution < -0.4 is 10.6 Å². The van der Waals surface area contributed by atoms with Gasteiger partial charge < -0.3 is 34.4 Å². The van der Waals surface area contributed by atoms with Crippen molar-refractivity contribution >= 4 is 47.3 Å². The highest BCUT2D eigenvalue weighted by Crippen LogP contribution is 2.16. The number of ketones is 1. The maximum Gasteiger partial charge on any atom is 0.333 e. The van der Waals surface area contributed by atoms with Crippen LogP contribution in [-0.4, -0.2) is 103 Å². The van der Waals surface area contributed by atoms with Crippen LogP contribution in [0.15, 0.2) is 0 Å². The van der Waals surface area contributed by atoms with Crippen LogP contribution in [0.25, 0.3) is 0 Å². The Balaban J connectivity index is 2.03. The fourth-order valence-electron chi connectivity index (χ4n) is 5.62. The van der Waals surface area contributed by atoms with Crippen molar-refractivity contribution in [1.29, 1.82) is 0 Å². The summed E-state index contributed by atoms with van der Waals surface area (Å²) in [4.78, 5) is 102. The number of hydroxylamine groups is 2. The van der Waals surface area contributed by atoms with Crippen LogP contribution in [-0.2, 0) is 62.1 Å². The Morgan fingerprint density at radius 1 is 0.569 bits per heavy atom. The molecule has 0 bridgehead atoms. The molecule has 1 fully saturated rings. The van der Waals surface area contributed by atoms with E-state index in [1.165, 1.54) is 0 Å². The molecule has 1 heterocycles. The molecule has 0 radical (unpaired) electrons. The first-order chi connectivity index (χ1) is 27.4. The molecule has 332 valence electrons. The van der Waals surface area contributed by atoms with E-state index in [1.807, 2.05) is 20.8 Å². The molecule has 1 aliphatic rings. The Labute approximate surface area is 344 Å². The second-order valence-electron chi connectivity index (χ2n) is 16.6. The topological polar surface area (TPSA) is 210 Å². The summed E-state index contributed by atoms with van der Waals surface area (Å²) < 4.78 is 22.0. The summed E-state index contributed by atoms with van der Waals surface area (Å²) in [7, 11) is 0. The number of imide groups is 1. The number of nitrogens with zero attached hydrogens (tertiary/aromatic N) is 1. The van der Waals surface area contributed by atoms with Crippen LogP contribution >= 0.6 is 0 Å². The van der Waals surface area contributed by atoms with Crippen LogP contribution in [0.2, 0.25) is 0 Å². The lowest BCUT2D eigenvalue weighted by atomic mass is 10.1. The molecule has 0 unspecified atom stereocenters. The molecule has 0 aromatic carbocycles. The first-order valence-corrected chi connectivity index (χ1v) is 21.1. The smallest absolute Gasteiger partial charge is 0.333 e. The van der Waals surface area contributed by atoms with E-state index >= 15 is 0 Å². The summed E-state index contributed by atoms with van der Waals surface area (Å²) in [5, 5.41) is 5.88. The number of amides is 4. The van der Waals surface area contributed by atoms with E-state index < -0.39 is 46.9 Å². The Kier molecular flexibility index (Phi) is 26.3. The van der Waals surface area contributed by atoms with Crippen molar-refractivity contribution < 1.29 is 62.1 Å². The number of hydrogen-bond acceptors (Lipinski definition) is 13. The average Bonchev–Trinajstić information content (AvgIpc) is 3.44. The third-order valence-corrected chi connectivity index (χ3v) is 8.56. The number of Topliss-reactive ketones (excluding diaryl/α,β-unsaturated/α-hetero) is 1. The highest BCUT2D eigenvalue weighted by atomic mass is 16.7. The number of rotatable bonds is 32. The minimum atomic E-state index is -1.20. The molecule has 0 spiro atoms. The lowest BCUT2D eigenvalue weighted by molar-refractivity contribution is -0.197. The normalized spacial score (nSPS) is 13.6. The number of ether oxygens (including phenoxy) is 4. The molecule has 16 nitrogen and oxygen atoms in total. The first kappa shape index (κ1) is 52.1. The van der Waals surface area contributed by atoms with Gasteiger partial charge in [-0.15, -0.1) is 5.06 Å². The molecule has 1 atom stereocenters. The largest absolute Gasteiger partial charge is 0.460 e. The molecule has 58 heavy (non-hydrogen) atoms. The van der Waals surface area contributed by atoms with Crippen molar-refractivity contribution in [2.45, 2.75) is 187 Å². The fraction of sp³-hybridized carbons (Fsp3) is 0.810. The van der Waals surface area contributed by atoms with E-state index in [0.29, 0.717) is 70.1 Å². The van der Waals surface area contributed by atoms with Crippen LogP contribution in [0.1, 0.15) is 170 Å². The highest BCUT2D eigenvalue weighted by Gasteiger charge is 2.34. The molecule has 1 aliphatic heterocycles. The van der Waals surface area contributed by atoms with Gasteiger partial charge in [0.15, 0.2) is 0 Å². The van der Waals surface area contributed by atoms with Crippen molar-refractivity contribution in [2.24, 2.45) is 0 Å². The maximum absolute atomic E-state index is 12.7. The summed E-state index contributed by atoms with van der Waals surface area (Å²) in [6.45, 7) is 13.5. The standard InChI is InChI=1S/C42H71N3O13/c1-41(2,3)56-38(51)20-12-10-8-7-9-11-19-34(47)43-27-17-31-55-30-16-15-29-54-28-14-13-18-32(46)21-23-35(48)44-33(40(53)57-42(4,5)6)22-26-39(52)58-45-36(49)24-25-37(45)50/h33H,7-31H2,1-6H3,(H,43,47)(H,44,48)/t33-/m0/s1. The SMILES string of the molecule is CC(C)(C)OC(=O)CCCCCCCCC(=O)NCCCOCCCCOCCCCC(=O)CCC(=O)N[C@@H](CCC(=O)ON1C(=O)CCC1=O)C(=O)OC(C)(C)C. The molecule has 1 rings (SSSR count). The summed E-state index contributed by atoms with van der Waals surface area (Å²) in [6, 6.07) is -1.20. The molecule has 1 saturated heterocycles.